The Bertz CT molecular complexity index is 1720. The molecule has 0 radical (unpaired) electrons. The summed E-state index contributed by atoms with van der Waals surface area (Å²) in [6, 6.07) is 22.1. The van der Waals surface area contributed by atoms with Crippen molar-refractivity contribution in [1.82, 2.24) is 9.55 Å². The SMILES string of the molecule is Cc1cc(C)c2nc(-c3ccc4c5ccccc5c5ccc[n+](C)c5c4c3C)n(C)c2c1. The van der Waals surface area contributed by atoms with Crippen LogP contribution in [0.2, 0.25) is 0 Å². The van der Waals surface area contributed by atoms with Crippen molar-refractivity contribution in [3.8, 4) is 11.4 Å². The molecule has 0 bridgehead atoms. The highest BCUT2D eigenvalue weighted by atomic mass is 15.1. The van der Waals surface area contributed by atoms with Gasteiger partial charge in [0.15, 0.2) is 6.20 Å². The van der Waals surface area contributed by atoms with E-state index in [9.17, 15) is 0 Å². The molecule has 2 heterocycles. The molecule has 0 aliphatic rings. The molecule has 0 atom stereocenters. The first-order valence-electron chi connectivity index (χ1n) is 11.1. The largest absolute Gasteiger partial charge is 0.327 e. The third kappa shape index (κ3) is 2.48. The first kappa shape index (κ1) is 19.0. The van der Waals surface area contributed by atoms with Crippen LogP contribution >= 0.6 is 0 Å². The lowest BCUT2D eigenvalue weighted by Crippen LogP contribution is -2.28. The number of pyridine rings is 1. The summed E-state index contributed by atoms with van der Waals surface area (Å²) in [5, 5.41) is 6.48. The van der Waals surface area contributed by atoms with E-state index >= 15 is 0 Å². The fourth-order valence-electron chi connectivity index (χ4n) is 5.45. The number of aromatic nitrogens is 3. The van der Waals surface area contributed by atoms with Crippen LogP contribution in [0.25, 0.3) is 54.9 Å². The fraction of sp³-hybridized carbons (Fsp3) is 0.172. The van der Waals surface area contributed by atoms with Gasteiger partial charge in [0.1, 0.15) is 12.9 Å². The number of rotatable bonds is 1. The van der Waals surface area contributed by atoms with E-state index in [4.69, 9.17) is 4.98 Å². The van der Waals surface area contributed by atoms with Crippen molar-refractivity contribution in [1.29, 1.82) is 0 Å². The normalized spacial score (nSPS) is 11.9. The van der Waals surface area contributed by atoms with Gasteiger partial charge in [-0.25, -0.2) is 9.55 Å². The highest BCUT2D eigenvalue weighted by Gasteiger charge is 2.21. The molecule has 0 saturated carbocycles. The fourth-order valence-corrected chi connectivity index (χ4v) is 5.45. The maximum Gasteiger partial charge on any atom is 0.221 e. The van der Waals surface area contributed by atoms with Crippen LogP contribution in [0.5, 0.6) is 0 Å². The van der Waals surface area contributed by atoms with Crippen LogP contribution in [0.15, 0.2) is 66.9 Å². The van der Waals surface area contributed by atoms with Gasteiger partial charge in [-0.2, -0.15) is 0 Å². The Kier molecular flexibility index (Phi) is 3.94. The van der Waals surface area contributed by atoms with E-state index in [1.165, 1.54) is 60.2 Å². The van der Waals surface area contributed by atoms with Gasteiger partial charge in [-0.3, -0.25) is 0 Å². The number of benzene rings is 4. The van der Waals surface area contributed by atoms with Crippen molar-refractivity contribution < 1.29 is 4.57 Å². The highest BCUT2D eigenvalue weighted by molar-refractivity contribution is 6.24. The van der Waals surface area contributed by atoms with Crippen molar-refractivity contribution in [3.05, 3.63) is 83.6 Å². The summed E-state index contributed by atoms with van der Waals surface area (Å²) in [7, 11) is 4.27. The van der Waals surface area contributed by atoms with Gasteiger partial charge in [0.25, 0.3) is 0 Å². The second-order valence-electron chi connectivity index (χ2n) is 9.03. The van der Waals surface area contributed by atoms with Gasteiger partial charge in [0.2, 0.25) is 5.52 Å². The topological polar surface area (TPSA) is 21.7 Å². The van der Waals surface area contributed by atoms with E-state index in [1.54, 1.807) is 0 Å². The summed E-state index contributed by atoms with van der Waals surface area (Å²) in [4.78, 5) is 5.11. The Morgan fingerprint density at radius 1 is 0.812 bits per heavy atom. The highest BCUT2D eigenvalue weighted by Crippen LogP contribution is 2.39. The molecule has 156 valence electrons. The van der Waals surface area contributed by atoms with Gasteiger partial charge in [-0.15, -0.1) is 0 Å². The zero-order valence-electron chi connectivity index (χ0n) is 19.2. The second kappa shape index (κ2) is 6.64. The van der Waals surface area contributed by atoms with Gasteiger partial charge in [0, 0.05) is 18.7 Å². The maximum atomic E-state index is 5.11. The van der Waals surface area contributed by atoms with Crippen molar-refractivity contribution in [2.24, 2.45) is 14.1 Å². The zero-order valence-corrected chi connectivity index (χ0v) is 19.2. The monoisotopic (exact) mass is 416 g/mol. The van der Waals surface area contributed by atoms with Crippen LogP contribution in [0.1, 0.15) is 16.7 Å². The lowest BCUT2D eigenvalue weighted by Gasteiger charge is -2.13. The summed E-state index contributed by atoms with van der Waals surface area (Å²) in [5.41, 5.74) is 8.49. The average Bonchev–Trinajstić information content (AvgIpc) is 3.11. The molecule has 0 aliphatic heterocycles. The van der Waals surface area contributed by atoms with Gasteiger partial charge >= 0.3 is 0 Å². The lowest BCUT2D eigenvalue weighted by atomic mass is 9.92. The molecular weight excluding hydrogens is 390 g/mol. The predicted molar refractivity (Wildman–Crippen MR) is 134 cm³/mol. The van der Waals surface area contributed by atoms with Crippen LogP contribution in [0, 0.1) is 20.8 Å². The Morgan fingerprint density at radius 3 is 2.31 bits per heavy atom. The van der Waals surface area contributed by atoms with Crippen molar-refractivity contribution >= 4 is 43.5 Å². The molecule has 0 amide bonds. The number of aryl methyl sites for hydroxylation is 5. The van der Waals surface area contributed by atoms with E-state index in [2.05, 4.69) is 111 Å². The van der Waals surface area contributed by atoms with Crippen molar-refractivity contribution in [2.75, 3.05) is 0 Å². The Labute approximate surface area is 187 Å². The molecule has 6 aromatic rings. The standard InChI is InChI=1S/C29H26N3/c1-17-15-18(2)27-25(16-17)32(5)29(30-27)20-12-13-23-21-9-6-7-10-22(21)24-11-8-14-31(4)28(24)26(23)19(20)3/h6-16H,1-5H3/q+1. The molecule has 0 fully saturated rings. The molecular formula is C29H26N3+. The Balaban J connectivity index is 1.79. The minimum atomic E-state index is 1.02. The molecule has 0 spiro atoms. The summed E-state index contributed by atoms with van der Waals surface area (Å²) in [5.74, 6) is 1.02. The maximum absolute atomic E-state index is 5.11. The minimum absolute atomic E-state index is 1.02. The third-order valence-corrected chi connectivity index (χ3v) is 6.95. The summed E-state index contributed by atoms with van der Waals surface area (Å²) >= 11 is 0. The second-order valence-corrected chi connectivity index (χ2v) is 9.03. The van der Waals surface area contributed by atoms with E-state index in [0.717, 1.165) is 11.3 Å². The predicted octanol–water partition coefficient (Wildman–Crippen LogP) is 6.45. The van der Waals surface area contributed by atoms with Gasteiger partial charge < -0.3 is 4.57 Å². The summed E-state index contributed by atoms with van der Waals surface area (Å²) in [6.07, 6.45) is 2.14. The van der Waals surface area contributed by atoms with Crippen LogP contribution in [-0.4, -0.2) is 9.55 Å². The number of hydrogen-bond donors (Lipinski definition) is 0. The third-order valence-electron chi connectivity index (χ3n) is 6.95. The molecule has 2 aromatic heterocycles. The van der Waals surface area contributed by atoms with Gasteiger partial charge in [0.05, 0.1) is 21.8 Å². The summed E-state index contributed by atoms with van der Waals surface area (Å²) < 4.78 is 4.50. The molecule has 0 N–H and O–H groups in total. The molecule has 3 heteroatoms. The molecule has 0 aliphatic carbocycles. The summed E-state index contributed by atoms with van der Waals surface area (Å²) in [6.45, 7) is 6.55. The number of imidazole rings is 1. The lowest BCUT2D eigenvalue weighted by molar-refractivity contribution is -0.644. The van der Waals surface area contributed by atoms with Gasteiger partial charge in [-0.05, 0) is 65.8 Å². The van der Waals surface area contributed by atoms with E-state index in [-0.39, 0.29) is 0 Å². The number of hydrogen-bond acceptors (Lipinski definition) is 1. The minimum Gasteiger partial charge on any atom is -0.327 e. The first-order valence-corrected chi connectivity index (χ1v) is 11.1. The average molecular weight is 417 g/mol. The molecule has 4 aromatic carbocycles. The van der Waals surface area contributed by atoms with E-state index < -0.39 is 0 Å². The molecule has 32 heavy (non-hydrogen) atoms. The Morgan fingerprint density at radius 2 is 1.53 bits per heavy atom. The molecule has 0 unspecified atom stereocenters. The number of nitrogens with zero attached hydrogens (tertiary/aromatic N) is 3. The zero-order chi connectivity index (χ0) is 22.1. The van der Waals surface area contributed by atoms with E-state index in [1.807, 2.05) is 0 Å². The molecule has 0 saturated heterocycles. The first-order chi connectivity index (χ1) is 15.5. The number of fused-ring (bicyclic) bond motifs is 7. The molecule has 6 rings (SSSR count). The van der Waals surface area contributed by atoms with Crippen LogP contribution in [0.4, 0.5) is 0 Å². The smallest absolute Gasteiger partial charge is 0.221 e. The quantitative estimate of drug-likeness (QED) is 0.223. The van der Waals surface area contributed by atoms with E-state index in [0.29, 0.717) is 0 Å². The van der Waals surface area contributed by atoms with Crippen molar-refractivity contribution in [3.63, 3.8) is 0 Å². The Hall–Kier alpha value is -3.72. The molecule has 3 nitrogen and oxygen atoms in total. The van der Waals surface area contributed by atoms with Crippen molar-refractivity contribution in [2.45, 2.75) is 20.8 Å². The van der Waals surface area contributed by atoms with Crippen LogP contribution in [-0.2, 0) is 14.1 Å². The van der Waals surface area contributed by atoms with Gasteiger partial charge in [-0.1, -0.05) is 42.5 Å². The van der Waals surface area contributed by atoms with Crippen LogP contribution < -0.4 is 4.57 Å². The van der Waals surface area contributed by atoms with Crippen LogP contribution in [0.3, 0.4) is 0 Å².